The summed E-state index contributed by atoms with van der Waals surface area (Å²) in [6.45, 7) is 2.17. The second-order valence-electron chi connectivity index (χ2n) is 5.70. The largest absolute Gasteiger partial charge is 0.503 e. The molecule has 0 saturated heterocycles. The molecule has 23 heavy (non-hydrogen) atoms. The van der Waals surface area contributed by atoms with Crippen LogP contribution in [-0.2, 0) is 6.42 Å². The minimum atomic E-state index is -0.372. The quantitative estimate of drug-likeness (QED) is 0.727. The maximum absolute atomic E-state index is 12.4. The van der Waals surface area contributed by atoms with Gasteiger partial charge in [0.2, 0.25) is 5.43 Å². The zero-order valence-electron chi connectivity index (χ0n) is 14.1. The number of aryl methyl sites for hydroxylation is 1. The van der Waals surface area contributed by atoms with E-state index >= 15 is 0 Å². The SMILES string of the molecule is CCCCCCCc1[nH]c2cc(OC)c(OC)cc2c(=O)c1O. The standard InChI is InChI=1S/C18H25NO4/c1-4-5-6-7-8-9-13-18(21)17(20)12-10-15(22-2)16(23-3)11-14(12)19-13/h10-11,21H,4-9H2,1-3H3,(H,19,20). The Hall–Kier alpha value is -2.17. The van der Waals surface area contributed by atoms with E-state index in [-0.39, 0.29) is 11.2 Å². The van der Waals surface area contributed by atoms with E-state index in [1.54, 1.807) is 19.2 Å². The summed E-state index contributed by atoms with van der Waals surface area (Å²) in [5.74, 6) is 0.827. The molecule has 5 nitrogen and oxygen atoms in total. The van der Waals surface area contributed by atoms with Gasteiger partial charge in [0.05, 0.1) is 30.8 Å². The summed E-state index contributed by atoms with van der Waals surface area (Å²) < 4.78 is 10.5. The molecule has 0 amide bonds. The Balaban J connectivity index is 2.33. The number of pyridine rings is 1. The highest BCUT2D eigenvalue weighted by Gasteiger charge is 2.14. The fourth-order valence-corrected chi connectivity index (χ4v) is 2.74. The van der Waals surface area contributed by atoms with Crippen molar-refractivity contribution in [2.24, 2.45) is 0 Å². The van der Waals surface area contributed by atoms with Crippen molar-refractivity contribution >= 4 is 10.9 Å². The molecule has 0 aliphatic heterocycles. The first-order chi connectivity index (χ1) is 11.1. The maximum Gasteiger partial charge on any atom is 0.231 e. The number of aromatic hydroxyl groups is 1. The number of hydrogen-bond acceptors (Lipinski definition) is 4. The fraction of sp³-hybridized carbons (Fsp3) is 0.500. The number of methoxy groups -OCH3 is 2. The van der Waals surface area contributed by atoms with E-state index in [1.807, 2.05) is 0 Å². The first kappa shape index (κ1) is 17.2. The predicted octanol–water partition coefficient (Wildman–Crippen LogP) is 3.76. The summed E-state index contributed by atoms with van der Waals surface area (Å²) >= 11 is 0. The normalized spacial score (nSPS) is 10.9. The number of unbranched alkanes of at least 4 members (excludes halogenated alkanes) is 4. The zero-order chi connectivity index (χ0) is 16.8. The van der Waals surface area contributed by atoms with Gasteiger partial charge in [0.15, 0.2) is 17.2 Å². The summed E-state index contributed by atoms with van der Waals surface area (Å²) in [7, 11) is 3.07. The minimum Gasteiger partial charge on any atom is -0.503 e. The van der Waals surface area contributed by atoms with Gasteiger partial charge in [0.25, 0.3) is 0 Å². The van der Waals surface area contributed by atoms with Crippen molar-refractivity contribution in [3.8, 4) is 17.2 Å². The van der Waals surface area contributed by atoms with E-state index in [0.717, 1.165) is 12.8 Å². The van der Waals surface area contributed by atoms with Crippen LogP contribution in [0.4, 0.5) is 0 Å². The molecule has 1 aromatic carbocycles. The highest BCUT2D eigenvalue weighted by Crippen LogP contribution is 2.31. The van der Waals surface area contributed by atoms with Crippen LogP contribution in [0.5, 0.6) is 17.2 Å². The lowest BCUT2D eigenvalue weighted by Gasteiger charge is -2.11. The van der Waals surface area contributed by atoms with Crippen molar-refractivity contribution in [2.75, 3.05) is 14.2 Å². The third-order valence-electron chi connectivity index (χ3n) is 4.09. The lowest BCUT2D eigenvalue weighted by Crippen LogP contribution is -2.08. The Bertz CT molecular complexity index is 721. The number of aromatic nitrogens is 1. The van der Waals surface area contributed by atoms with Crippen LogP contribution in [0.2, 0.25) is 0 Å². The van der Waals surface area contributed by atoms with Gasteiger partial charge in [0, 0.05) is 6.07 Å². The number of nitrogens with one attached hydrogen (secondary N) is 1. The number of hydrogen-bond donors (Lipinski definition) is 2. The molecule has 1 aromatic heterocycles. The molecule has 2 rings (SSSR count). The number of H-pyrrole nitrogens is 1. The molecular formula is C18H25NO4. The second kappa shape index (κ2) is 7.90. The number of ether oxygens (including phenoxy) is 2. The van der Waals surface area contributed by atoms with Crippen LogP contribution in [0, 0.1) is 0 Å². The summed E-state index contributed by atoms with van der Waals surface area (Å²) in [6, 6.07) is 3.33. The highest BCUT2D eigenvalue weighted by molar-refractivity contribution is 5.84. The fourth-order valence-electron chi connectivity index (χ4n) is 2.74. The third-order valence-corrected chi connectivity index (χ3v) is 4.09. The van der Waals surface area contributed by atoms with Crippen molar-refractivity contribution in [3.05, 3.63) is 28.0 Å². The molecule has 0 saturated carbocycles. The molecule has 0 aliphatic carbocycles. The van der Waals surface area contributed by atoms with E-state index in [2.05, 4.69) is 11.9 Å². The molecule has 0 atom stereocenters. The van der Waals surface area contributed by atoms with E-state index < -0.39 is 0 Å². The van der Waals surface area contributed by atoms with Crippen molar-refractivity contribution in [3.63, 3.8) is 0 Å². The monoisotopic (exact) mass is 319 g/mol. The van der Waals surface area contributed by atoms with E-state index in [1.165, 1.54) is 26.4 Å². The molecule has 5 heteroatoms. The van der Waals surface area contributed by atoms with Gasteiger partial charge >= 0.3 is 0 Å². The molecule has 0 spiro atoms. The average molecular weight is 319 g/mol. The van der Waals surface area contributed by atoms with Crippen LogP contribution in [-0.4, -0.2) is 24.3 Å². The van der Waals surface area contributed by atoms with Gasteiger partial charge in [-0.05, 0) is 18.9 Å². The lowest BCUT2D eigenvalue weighted by atomic mass is 10.1. The Labute approximate surface area is 136 Å². The topological polar surface area (TPSA) is 71.5 Å². The van der Waals surface area contributed by atoms with E-state index in [0.29, 0.717) is 34.5 Å². The van der Waals surface area contributed by atoms with Crippen molar-refractivity contribution < 1.29 is 14.6 Å². The summed E-state index contributed by atoms with van der Waals surface area (Å²) in [5.41, 5.74) is 0.864. The smallest absolute Gasteiger partial charge is 0.231 e. The first-order valence-corrected chi connectivity index (χ1v) is 8.12. The molecular weight excluding hydrogens is 294 g/mol. The molecule has 2 aromatic rings. The third kappa shape index (κ3) is 3.78. The van der Waals surface area contributed by atoms with Crippen LogP contribution in [0.3, 0.4) is 0 Å². The summed E-state index contributed by atoms with van der Waals surface area (Å²) in [5, 5.41) is 10.6. The Morgan fingerprint density at radius 2 is 1.70 bits per heavy atom. The van der Waals surface area contributed by atoms with Crippen molar-refractivity contribution in [1.29, 1.82) is 0 Å². The predicted molar refractivity (Wildman–Crippen MR) is 91.8 cm³/mol. The van der Waals surface area contributed by atoms with Crippen molar-refractivity contribution in [2.45, 2.75) is 45.4 Å². The average Bonchev–Trinajstić information content (AvgIpc) is 2.57. The number of benzene rings is 1. The first-order valence-electron chi connectivity index (χ1n) is 8.12. The molecule has 126 valence electrons. The van der Waals surface area contributed by atoms with Gasteiger partial charge < -0.3 is 19.6 Å². The van der Waals surface area contributed by atoms with Crippen LogP contribution in [0.15, 0.2) is 16.9 Å². The van der Waals surface area contributed by atoms with Gasteiger partial charge in [0.1, 0.15) is 0 Å². The summed E-state index contributed by atoms with van der Waals surface area (Å²) in [4.78, 5) is 15.6. The van der Waals surface area contributed by atoms with Gasteiger partial charge in [-0.3, -0.25) is 4.79 Å². The van der Waals surface area contributed by atoms with Gasteiger partial charge in [-0.25, -0.2) is 0 Å². The molecule has 1 heterocycles. The van der Waals surface area contributed by atoms with Crippen LogP contribution >= 0.6 is 0 Å². The van der Waals surface area contributed by atoms with Crippen LogP contribution < -0.4 is 14.9 Å². The van der Waals surface area contributed by atoms with Gasteiger partial charge in [-0.2, -0.15) is 0 Å². The van der Waals surface area contributed by atoms with Gasteiger partial charge in [-0.15, -0.1) is 0 Å². The molecule has 0 bridgehead atoms. The molecule has 0 unspecified atom stereocenters. The van der Waals surface area contributed by atoms with Crippen molar-refractivity contribution in [1.82, 2.24) is 4.98 Å². The Morgan fingerprint density at radius 3 is 2.35 bits per heavy atom. The van der Waals surface area contributed by atoms with Crippen LogP contribution in [0.25, 0.3) is 10.9 Å². The minimum absolute atomic E-state index is 0.194. The Morgan fingerprint density at radius 1 is 1.04 bits per heavy atom. The van der Waals surface area contributed by atoms with Gasteiger partial charge in [-0.1, -0.05) is 32.6 Å². The number of aromatic amines is 1. The highest BCUT2D eigenvalue weighted by atomic mass is 16.5. The van der Waals surface area contributed by atoms with Crippen LogP contribution in [0.1, 0.15) is 44.7 Å². The zero-order valence-corrected chi connectivity index (χ0v) is 14.1. The van der Waals surface area contributed by atoms with E-state index in [9.17, 15) is 9.90 Å². The molecule has 2 N–H and O–H groups in total. The summed E-state index contributed by atoms with van der Waals surface area (Å²) in [6.07, 6.45) is 6.30. The lowest BCUT2D eigenvalue weighted by molar-refractivity contribution is 0.355. The molecule has 0 aliphatic rings. The Kier molecular flexibility index (Phi) is 5.90. The molecule has 0 radical (unpaired) electrons. The maximum atomic E-state index is 12.4. The number of fused-ring (bicyclic) bond motifs is 1. The second-order valence-corrected chi connectivity index (χ2v) is 5.70. The molecule has 0 fully saturated rings. The van der Waals surface area contributed by atoms with E-state index in [4.69, 9.17) is 9.47 Å². The number of rotatable bonds is 8.